The number of H-pyrrole nitrogens is 1. The summed E-state index contributed by atoms with van der Waals surface area (Å²) in [5.74, 6) is 1.67. The summed E-state index contributed by atoms with van der Waals surface area (Å²) in [5.41, 5.74) is 2.42. The van der Waals surface area contributed by atoms with Crippen LogP contribution in [-0.4, -0.2) is 77.6 Å². The number of rotatable bonds is 8. The van der Waals surface area contributed by atoms with E-state index >= 15 is 0 Å². The lowest BCUT2D eigenvalue weighted by Gasteiger charge is -2.28. The van der Waals surface area contributed by atoms with Gasteiger partial charge in [0.25, 0.3) is 0 Å². The van der Waals surface area contributed by atoms with Crippen LogP contribution in [-0.2, 0) is 4.74 Å². The number of para-hydroxylation sites is 1. The molecule has 1 aliphatic rings. The van der Waals surface area contributed by atoms with Gasteiger partial charge >= 0.3 is 0 Å². The summed E-state index contributed by atoms with van der Waals surface area (Å²) in [6.07, 6.45) is 2.63. The Bertz CT molecular complexity index is 1290. The molecule has 0 aliphatic carbocycles. The van der Waals surface area contributed by atoms with Crippen LogP contribution >= 0.6 is 11.6 Å². The first-order valence-electron chi connectivity index (χ1n) is 11.1. The number of hydrogen-bond donors (Lipinski definition) is 3. The van der Waals surface area contributed by atoms with Crippen molar-refractivity contribution in [2.24, 2.45) is 0 Å². The zero-order valence-corrected chi connectivity index (χ0v) is 19.5. The van der Waals surface area contributed by atoms with Gasteiger partial charge in [0.1, 0.15) is 24.9 Å². The minimum Gasteiger partial charge on any atom is -0.493 e. The maximum atomic E-state index is 10.4. The van der Waals surface area contributed by atoms with Gasteiger partial charge in [0, 0.05) is 42.7 Å². The van der Waals surface area contributed by atoms with Gasteiger partial charge in [0.2, 0.25) is 0 Å². The lowest BCUT2D eigenvalue weighted by Crippen LogP contribution is -2.42. The van der Waals surface area contributed by atoms with Gasteiger partial charge in [-0.2, -0.15) is 0 Å². The molecule has 9 nitrogen and oxygen atoms in total. The molecule has 1 fully saturated rings. The molecule has 0 spiro atoms. The number of nitrogens with one attached hydrogen (secondary N) is 2. The van der Waals surface area contributed by atoms with Crippen LogP contribution in [0.15, 0.2) is 42.9 Å². The number of β-amino-alcohol motifs (C(OH)–C–C–N with tert-alkyl or cyclic N) is 1. The molecule has 4 aromatic rings. The molecule has 3 heterocycles. The zero-order chi connectivity index (χ0) is 23.5. The number of anilines is 2. The molecule has 1 aliphatic heterocycles. The summed E-state index contributed by atoms with van der Waals surface area (Å²) in [7, 11) is 1.58. The van der Waals surface area contributed by atoms with E-state index in [1.54, 1.807) is 19.4 Å². The van der Waals surface area contributed by atoms with E-state index < -0.39 is 6.10 Å². The Kier molecular flexibility index (Phi) is 6.68. The number of aromatic amines is 1. The highest BCUT2D eigenvalue weighted by atomic mass is 35.5. The van der Waals surface area contributed by atoms with Crippen molar-refractivity contribution in [2.75, 3.05) is 51.9 Å². The van der Waals surface area contributed by atoms with Crippen LogP contribution in [0.5, 0.6) is 11.5 Å². The Labute approximate surface area is 201 Å². The monoisotopic (exact) mass is 483 g/mol. The highest BCUT2D eigenvalue weighted by Gasteiger charge is 2.18. The molecule has 2 aromatic carbocycles. The van der Waals surface area contributed by atoms with Gasteiger partial charge in [-0.05, 0) is 12.1 Å². The van der Waals surface area contributed by atoms with Crippen molar-refractivity contribution in [2.45, 2.75) is 6.10 Å². The second-order valence-corrected chi connectivity index (χ2v) is 8.52. The van der Waals surface area contributed by atoms with E-state index in [-0.39, 0.29) is 6.61 Å². The molecule has 2 aromatic heterocycles. The molecule has 5 rings (SSSR count). The number of halogens is 1. The van der Waals surface area contributed by atoms with Gasteiger partial charge in [0.15, 0.2) is 11.5 Å². The third kappa shape index (κ3) is 4.74. The van der Waals surface area contributed by atoms with Gasteiger partial charge in [-0.15, -0.1) is 0 Å². The average molecular weight is 484 g/mol. The van der Waals surface area contributed by atoms with E-state index in [9.17, 15) is 5.11 Å². The van der Waals surface area contributed by atoms with E-state index in [1.807, 2.05) is 24.3 Å². The van der Waals surface area contributed by atoms with Gasteiger partial charge in [0.05, 0.1) is 42.1 Å². The fraction of sp³-hybridized carbons (Fsp3) is 0.333. The SMILES string of the molecule is COc1cc2c(Nc3cccc4c(Cl)c[nH]c34)ncnc2cc1OCC(O)CN1CCOCC1. The van der Waals surface area contributed by atoms with Gasteiger partial charge in [-0.3, -0.25) is 4.90 Å². The van der Waals surface area contributed by atoms with Crippen molar-refractivity contribution in [1.29, 1.82) is 0 Å². The maximum absolute atomic E-state index is 10.4. The van der Waals surface area contributed by atoms with Crippen LogP contribution in [0.1, 0.15) is 0 Å². The van der Waals surface area contributed by atoms with Crippen molar-refractivity contribution in [3.8, 4) is 11.5 Å². The fourth-order valence-corrected chi connectivity index (χ4v) is 4.32. The molecule has 178 valence electrons. The lowest BCUT2D eigenvalue weighted by atomic mass is 10.2. The number of benzene rings is 2. The smallest absolute Gasteiger partial charge is 0.163 e. The Morgan fingerprint density at radius 2 is 2.06 bits per heavy atom. The summed E-state index contributed by atoms with van der Waals surface area (Å²) in [4.78, 5) is 14.2. The van der Waals surface area contributed by atoms with Gasteiger partial charge in [-0.1, -0.05) is 23.7 Å². The van der Waals surface area contributed by atoms with Gasteiger partial charge in [-0.25, -0.2) is 9.97 Å². The standard InChI is InChI=1S/C24H26ClN5O4/c1-32-21-9-17-20(10-22(21)34-13-15(31)12-30-5-7-33-8-6-30)27-14-28-24(17)29-19-4-2-3-16-18(25)11-26-23(16)19/h2-4,9-11,14-15,26,31H,5-8,12-13H2,1H3,(H,27,28,29). The molecular weight excluding hydrogens is 458 g/mol. The summed E-state index contributed by atoms with van der Waals surface area (Å²) in [5, 5.41) is 16.2. The van der Waals surface area contributed by atoms with E-state index in [2.05, 4.69) is 25.2 Å². The van der Waals surface area contributed by atoms with Crippen molar-refractivity contribution in [1.82, 2.24) is 19.9 Å². The third-order valence-electron chi connectivity index (χ3n) is 5.84. The number of morpholine rings is 1. The molecule has 0 amide bonds. The normalized spacial score (nSPS) is 15.5. The summed E-state index contributed by atoms with van der Waals surface area (Å²) in [6, 6.07) is 9.48. The van der Waals surface area contributed by atoms with Crippen LogP contribution in [0.4, 0.5) is 11.5 Å². The van der Waals surface area contributed by atoms with E-state index in [0.717, 1.165) is 35.1 Å². The topological polar surface area (TPSA) is 105 Å². The van der Waals surface area contributed by atoms with E-state index in [0.29, 0.717) is 47.6 Å². The highest BCUT2D eigenvalue weighted by molar-refractivity contribution is 6.36. The summed E-state index contributed by atoms with van der Waals surface area (Å²) >= 11 is 6.26. The quantitative estimate of drug-likeness (QED) is 0.349. The summed E-state index contributed by atoms with van der Waals surface area (Å²) in [6.45, 7) is 3.67. The number of aliphatic hydroxyl groups excluding tert-OH is 1. The molecule has 1 saturated heterocycles. The van der Waals surface area contributed by atoms with E-state index in [1.165, 1.54) is 6.33 Å². The lowest BCUT2D eigenvalue weighted by molar-refractivity contribution is 0.00446. The minimum atomic E-state index is -0.630. The molecule has 3 N–H and O–H groups in total. The number of aliphatic hydroxyl groups is 1. The first-order valence-corrected chi connectivity index (χ1v) is 11.5. The molecule has 0 saturated carbocycles. The Hall–Kier alpha value is -3.11. The molecule has 0 radical (unpaired) electrons. The number of hydrogen-bond acceptors (Lipinski definition) is 8. The molecule has 34 heavy (non-hydrogen) atoms. The van der Waals surface area contributed by atoms with Crippen LogP contribution < -0.4 is 14.8 Å². The van der Waals surface area contributed by atoms with Crippen LogP contribution in [0, 0.1) is 0 Å². The van der Waals surface area contributed by atoms with Crippen LogP contribution in [0.2, 0.25) is 5.02 Å². The predicted octanol–water partition coefficient (Wildman–Crippen LogP) is 3.59. The minimum absolute atomic E-state index is 0.144. The number of fused-ring (bicyclic) bond motifs is 2. The van der Waals surface area contributed by atoms with Crippen molar-refractivity contribution in [3.63, 3.8) is 0 Å². The fourth-order valence-electron chi connectivity index (χ4n) is 4.11. The first-order chi connectivity index (χ1) is 16.6. The van der Waals surface area contributed by atoms with Gasteiger partial charge < -0.3 is 29.6 Å². The Balaban J connectivity index is 1.37. The molecule has 1 atom stereocenters. The number of ether oxygens (including phenoxy) is 3. The van der Waals surface area contributed by atoms with Crippen LogP contribution in [0.25, 0.3) is 21.8 Å². The van der Waals surface area contributed by atoms with Crippen molar-refractivity contribution >= 4 is 44.9 Å². The number of aromatic nitrogens is 3. The maximum Gasteiger partial charge on any atom is 0.163 e. The van der Waals surface area contributed by atoms with Crippen LogP contribution in [0.3, 0.4) is 0 Å². The third-order valence-corrected chi connectivity index (χ3v) is 6.16. The highest BCUT2D eigenvalue weighted by Crippen LogP contribution is 2.36. The zero-order valence-electron chi connectivity index (χ0n) is 18.8. The first kappa shape index (κ1) is 22.7. The number of nitrogens with zero attached hydrogens (tertiary/aromatic N) is 3. The largest absolute Gasteiger partial charge is 0.493 e. The van der Waals surface area contributed by atoms with E-state index in [4.69, 9.17) is 25.8 Å². The average Bonchev–Trinajstić information content (AvgIpc) is 3.24. The Morgan fingerprint density at radius 1 is 1.21 bits per heavy atom. The second kappa shape index (κ2) is 10.0. The second-order valence-electron chi connectivity index (χ2n) is 8.11. The number of methoxy groups -OCH3 is 1. The predicted molar refractivity (Wildman–Crippen MR) is 131 cm³/mol. The molecule has 0 bridgehead atoms. The van der Waals surface area contributed by atoms with Crippen molar-refractivity contribution in [3.05, 3.63) is 47.9 Å². The molecule has 1 unspecified atom stereocenters. The summed E-state index contributed by atoms with van der Waals surface area (Å²) < 4.78 is 16.9. The molecule has 10 heteroatoms. The van der Waals surface area contributed by atoms with Crippen molar-refractivity contribution < 1.29 is 19.3 Å². The molecular formula is C24H26ClN5O4. The Morgan fingerprint density at radius 3 is 2.88 bits per heavy atom.